The zero-order valence-electron chi connectivity index (χ0n) is 14.4. The Balaban J connectivity index is 1.39. The van der Waals surface area contributed by atoms with E-state index in [0.717, 1.165) is 17.5 Å². The largest absolute Gasteiger partial charge is 0.497 e. The Hall–Kier alpha value is -1.39. The number of benzene rings is 1. The molecule has 1 aromatic carbocycles. The van der Waals surface area contributed by atoms with Crippen molar-refractivity contribution in [3.63, 3.8) is 0 Å². The van der Waals surface area contributed by atoms with Crippen molar-refractivity contribution in [3.8, 4) is 17.0 Å². The molecule has 0 radical (unpaired) electrons. The fourth-order valence-corrected chi connectivity index (χ4v) is 5.15. The van der Waals surface area contributed by atoms with Crippen LogP contribution in [0.5, 0.6) is 5.75 Å². The van der Waals surface area contributed by atoms with Gasteiger partial charge in [-0.3, -0.25) is 0 Å². The van der Waals surface area contributed by atoms with Crippen LogP contribution in [0.1, 0.15) is 49.5 Å². The zero-order chi connectivity index (χ0) is 16.4. The van der Waals surface area contributed by atoms with Crippen molar-refractivity contribution < 1.29 is 4.74 Å². The Labute approximate surface area is 148 Å². The molecule has 128 valence electrons. The highest BCUT2D eigenvalue weighted by atomic mass is 32.1. The first-order chi connectivity index (χ1) is 11.8. The first-order valence-corrected chi connectivity index (χ1v) is 10.1. The second-order valence-corrected chi connectivity index (χ2v) is 7.94. The highest BCUT2D eigenvalue weighted by Gasteiger charge is 2.28. The summed E-state index contributed by atoms with van der Waals surface area (Å²) in [7, 11) is 1.70. The average molecular weight is 343 g/mol. The van der Waals surface area contributed by atoms with E-state index in [1.54, 1.807) is 7.11 Å². The summed E-state index contributed by atoms with van der Waals surface area (Å²) in [5, 5.41) is 3.53. The van der Waals surface area contributed by atoms with Gasteiger partial charge >= 0.3 is 0 Å². The van der Waals surface area contributed by atoms with E-state index in [9.17, 15) is 0 Å². The fraction of sp³-hybridized carbons (Fsp3) is 0.550. The molecule has 1 aliphatic heterocycles. The zero-order valence-corrected chi connectivity index (χ0v) is 15.2. The molecule has 4 rings (SSSR count). The lowest BCUT2D eigenvalue weighted by molar-refractivity contribution is 0.154. The third-order valence-corrected chi connectivity index (χ3v) is 6.63. The van der Waals surface area contributed by atoms with Gasteiger partial charge in [0.15, 0.2) is 0 Å². The summed E-state index contributed by atoms with van der Waals surface area (Å²) in [6.07, 6.45) is 8.25. The van der Waals surface area contributed by atoms with Crippen molar-refractivity contribution in [1.82, 2.24) is 9.88 Å². The van der Waals surface area contributed by atoms with Gasteiger partial charge in [-0.05, 0) is 63.0 Å². The molecule has 0 atom stereocenters. The van der Waals surface area contributed by atoms with Gasteiger partial charge in [-0.2, -0.15) is 0 Å². The van der Waals surface area contributed by atoms with Crippen LogP contribution in [0.4, 0.5) is 0 Å². The maximum absolute atomic E-state index is 5.24. The Kier molecular flexibility index (Phi) is 4.86. The first-order valence-electron chi connectivity index (χ1n) is 9.17. The van der Waals surface area contributed by atoms with Crippen LogP contribution in [0.3, 0.4) is 0 Å². The van der Waals surface area contributed by atoms with Crippen molar-refractivity contribution in [1.29, 1.82) is 0 Å². The number of likely N-dealkylation sites (tertiary alicyclic amines) is 1. The van der Waals surface area contributed by atoms with Crippen LogP contribution in [0.25, 0.3) is 11.3 Å². The number of ether oxygens (including phenoxy) is 1. The van der Waals surface area contributed by atoms with E-state index in [1.165, 1.54) is 62.2 Å². The minimum atomic E-state index is 0.652. The standard InChI is InChI=1S/C20H26N2OS/c1-23-18-8-6-15(7-9-18)19-14-24-20(21-19)16-10-12-22(13-11-16)17-4-2-3-5-17/h6-9,14,16-17H,2-5,10-13H2,1H3. The van der Waals surface area contributed by atoms with E-state index in [4.69, 9.17) is 9.72 Å². The predicted octanol–water partition coefficient (Wildman–Crippen LogP) is 4.94. The number of rotatable bonds is 4. The van der Waals surface area contributed by atoms with E-state index in [1.807, 2.05) is 23.5 Å². The summed E-state index contributed by atoms with van der Waals surface area (Å²) in [4.78, 5) is 7.68. The fourth-order valence-electron chi connectivity index (χ4n) is 4.15. The van der Waals surface area contributed by atoms with E-state index >= 15 is 0 Å². The summed E-state index contributed by atoms with van der Waals surface area (Å²) in [5.74, 6) is 1.55. The number of nitrogens with zero attached hydrogens (tertiary/aromatic N) is 2. The highest BCUT2D eigenvalue weighted by molar-refractivity contribution is 7.10. The summed E-state index contributed by atoms with van der Waals surface area (Å²) < 4.78 is 5.24. The van der Waals surface area contributed by atoms with Gasteiger partial charge in [0.05, 0.1) is 17.8 Å². The SMILES string of the molecule is COc1ccc(-c2csc(C3CCN(C4CCCC4)CC3)n2)cc1. The Morgan fingerprint density at radius 2 is 1.75 bits per heavy atom. The smallest absolute Gasteiger partial charge is 0.118 e. The lowest BCUT2D eigenvalue weighted by atomic mass is 9.96. The van der Waals surface area contributed by atoms with Gasteiger partial charge in [0.25, 0.3) is 0 Å². The van der Waals surface area contributed by atoms with Crippen molar-refractivity contribution >= 4 is 11.3 Å². The van der Waals surface area contributed by atoms with Crippen molar-refractivity contribution in [2.75, 3.05) is 20.2 Å². The molecular formula is C20H26N2OS. The number of piperidine rings is 1. The number of methoxy groups -OCH3 is 1. The molecule has 2 fully saturated rings. The summed E-state index contributed by atoms with van der Waals surface area (Å²) >= 11 is 1.83. The van der Waals surface area contributed by atoms with Crippen molar-refractivity contribution in [3.05, 3.63) is 34.7 Å². The van der Waals surface area contributed by atoms with Crippen LogP contribution in [0, 0.1) is 0 Å². The monoisotopic (exact) mass is 342 g/mol. The van der Waals surface area contributed by atoms with Crippen LogP contribution in [-0.2, 0) is 0 Å². The lowest BCUT2D eigenvalue weighted by Crippen LogP contribution is -2.39. The molecule has 1 aliphatic carbocycles. The number of hydrogen-bond acceptors (Lipinski definition) is 4. The number of thiazole rings is 1. The molecule has 4 heteroatoms. The molecule has 0 unspecified atom stereocenters. The van der Waals surface area contributed by atoms with Crippen LogP contribution in [0.2, 0.25) is 0 Å². The van der Waals surface area contributed by atoms with Gasteiger partial charge in [0, 0.05) is 22.9 Å². The molecule has 3 nitrogen and oxygen atoms in total. The maximum atomic E-state index is 5.24. The van der Waals surface area contributed by atoms with Crippen LogP contribution >= 0.6 is 11.3 Å². The Morgan fingerprint density at radius 3 is 2.42 bits per heavy atom. The molecule has 24 heavy (non-hydrogen) atoms. The molecule has 0 bridgehead atoms. The van der Waals surface area contributed by atoms with Crippen LogP contribution in [0.15, 0.2) is 29.6 Å². The molecule has 0 amide bonds. The van der Waals surface area contributed by atoms with Gasteiger partial charge < -0.3 is 9.64 Å². The highest BCUT2D eigenvalue weighted by Crippen LogP contribution is 2.35. The van der Waals surface area contributed by atoms with Gasteiger partial charge in [0.2, 0.25) is 0 Å². The summed E-state index contributed by atoms with van der Waals surface area (Å²) in [5.41, 5.74) is 2.29. The first kappa shape index (κ1) is 16.1. The predicted molar refractivity (Wildman–Crippen MR) is 99.9 cm³/mol. The summed E-state index contributed by atoms with van der Waals surface area (Å²) in [6, 6.07) is 9.08. The number of hydrogen-bond donors (Lipinski definition) is 0. The molecule has 1 aromatic heterocycles. The normalized spacial score (nSPS) is 20.5. The minimum Gasteiger partial charge on any atom is -0.497 e. The second kappa shape index (κ2) is 7.24. The molecule has 1 saturated carbocycles. The van der Waals surface area contributed by atoms with Gasteiger partial charge in [-0.1, -0.05) is 12.8 Å². The second-order valence-electron chi connectivity index (χ2n) is 7.05. The van der Waals surface area contributed by atoms with E-state index in [0.29, 0.717) is 5.92 Å². The third kappa shape index (κ3) is 3.35. The molecule has 2 aliphatic rings. The Morgan fingerprint density at radius 1 is 1.04 bits per heavy atom. The minimum absolute atomic E-state index is 0.652. The molecular weight excluding hydrogens is 316 g/mol. The lowest BCUT2D eigenvalue weighted by Gasteiger charge is -2.35. The molecule has 2 heterocycles. The van der Waals surface area contributed by atoms with Gasteiger partial charge in [-0.25, -0.2) is 4.98 Å². The topological polar surface area (TPSA) is 25.4 Å². The molecule has 2 aromatic rings. The van der Waals surface area contributed by atoms with Crippen LogP contribution in [-0.4, -0.2) is 36.1 Å². The molecule has 0 spiro atoms. The van der Waals surface area contributed by atoms with Crippen molar-refractivity contribution in [2.24, 2.45) is 0 Å². The van der Waals surface area contributed by atoms with Gasteiger partial charge in [-0.15, -0.1) is 11.3 Å². The average Bonchev–Trinajstić information content (AvgIpc) is 3.34. The van der Waals surface area contributed by atoms with Gasteiger partial charge in [0.1, 0.15) is 5.75 Å². The van der Waals surface area contributed by atoms with E-state index in [2.05, 4.69) is 22.4 Å². The Bertz CT molecular complexity index is 653. The molecule has 1 saturated heterocycles. The van der Waals surface area contributed by atoms with Crippen molar-refractivity contribution in [2.45, 2.75) is 50.5 Å². The number of aromatic nitrogens is 1. The third-order valence-electron chi connectivity index (χ3n) is 5.63. The summed E-state index contributed by atoms with van der Waals surface area (Å²) in [6.45, 7) is 2.51. The quantitative estimate of drug-likeness (QED) is 0.787. The maximum Gasteiger partial charge on any atom is 0.118 e. The van der Waals surface area contributed by atoms with Crippen LogP contribution < -0.4 is 4.74 Å². The molecule has 0 N–H and O–H groups in total. The van der Waals surface area contributed by atoms with E-state index < -0.39 is 0 Å². The van der Waals surface area contributed by atoms with E-state index in [-0.39, 0.29) is 0 Å².